The summed E-state index contributed by atoms with van der Waals surface area (Å²) in [7, 11) is 0. The van der Waals surface area contributed by atoms with Gasteiger partial charge in [-0.1, -0.05) is 44.2 Å². The van der Waals surface area contributed by atoms with Crippen molar-refractivity contribution >= 4 is 22.5 Å². The molecule has 0 saturated carbocycles. The Balaban J connectivity index is 1.18. The Labute approximate surface area is 234 Å². The number of hydrogen-bond donors (Lipinski definition) is 2. The second kappa shape index (κ2) is 11.4. The zero-order chi connectivity index (χ0) is 27.6. The van der Waals surface area contributed by atoms with Gasteiger partial charge in [-0.3, -0.25) is 14.8 Å². The maximum atomic E-state index is 14.6. The molecule has 2 N–H and O–H groups in total. The molecule has 3 aromatic carbocycles. The van der Waals surface area contributed by atoms with Gasteiger partial charge >= 0.3 is 0 Å². The number of anilines is 1. The smallest absolute Gasteiger partial charge is 0.251 e. The number of rotatable bonds is 8. The maximum Gasteiger partial charge on any atom is 0.251 e. The summed E-state index contributed by atoms with van der Waals surface area (Å²) < 4.78 is 20.1. The van der Waals surface area contributed by atoms with Crippen molar-refractivity contribution in [2.75, 3.05) is 44.3 Å². The Morgan fingerprint density at radius 3 is 2.55 bits per heavy atom. The molecular weight excluding hydrogens is 505 g/mol. The van der Waals surface area contributed by atoms with E-state index in [2.05, 4.69) is 63.4 Å². The fraction of sp³-hybridized carbons (Fsp3) is 0.375. The summed E-state index contributed by atoms with van der Waals surface area (Å²) in [5, 5.41) is 11.6. The zero-order valence-corrected chi connectivity index (χ0v) is 23.1. The molecule has 2 saturated heterocycles. The average molecular weight is 542 g/mol. The minimum atomic E-state index is -0.412. The number of nitrogens with zero attached hydrogens (tertiary/aromatic N) is 3. The van der Waals surface area contributed by atoms with Crippen molar-refractivity contribution in [2.24, 2.45) is 5.92 Å². The number of carbonyl (C=O) groups excluding carboxylic acids is 1. The van der Waals surface area contributed by atoms with Crippen LogP contribution >= 0.6 is 0 Å². The van der Waals surface area contributed by atoms with Gasteiger partial charge in [0.25, 0.3) is 5.91 Å². The Kier molecular flexibility index (Phi) is 7.54. The number of halogens is 1. The molecule has 8 heteroatoms. The molecule has 0 bridgehead atoms. The monoisotopic (exact) mass is 541 g/mol. The number of ether oxygens (including phenoxy) is 1. The van der Waals surface area contributed by atoms with E-state index in [9.17, 15) is 9.18 Å². The topological polar surface area (TPSA) is 73.5 Å². The fourth-order valence-corrected chi connectivity index (χ4v) is 5.78. The minimum absolute atomic E-state index is 0.231. The molecule has 0 radical (unpaired) electrons. The molecule has 6 rings (SSSR count). The van der Waals surface area contributed by atoms with E-state index >= 15 is 0 Å². The first kappa shape index (κ1) is 26.5. The molecule has 1 unspecified atom stereocenters. The zero-order valence-electron chi connectivity index (χ0n) is 23.1. The van der Waals surface area contributed by atoms with E-state index in [1.165, 1.54) is 11.8 Å². The molecule has 4 aromatic rings. The van der Waals surface area contributed by atoms with Gasteiger partial charge in [0.15, 0.2) is 0 Å². The van der Waals surface area contributed by atoms with Crippen molar-refractivity contribution in [2.45, 2.75) is 32.4 Å². The second-order valence-corrected chi connectivity index (χ2v) is 11.3. The van der Waals surface area contributed by atoms with Gasteiger partial charge in [-0.05, 0) is 48.7 Å². The molecule has 2 aliphatic rings. The summed E-state index contributed by atoms with van der Waals surface area (Å²) in [6.45, 7) is 9.91. The molecule has 7 nitrogen and oxygen atoms in total. The predicted octanol–water partition coefficient (Wildman–Crippen LogP) is 5.41. The van der Waals surface area contributed by atoms with Crippen molar-refractivity contribution in [1.82, 2.24) is 20.4 Å². The van der Waals surface area contributed by atoms with Gasteiger partial charge in [0.1, 0.15) is 5.82 Å². The van der Waals surface area contributed by atoms with Crippen LogP contribution in [0.25, 0.3) is 22.2 Å². The van der Waals surface area contributed by atoms with Crippen LogP contribution in [0.2, 0.25) is 0 Å². The first-order valence-electron chi connectivity index (χ1n) is 14.2. The van der Waals surface area contributed by atoms with Gasteiger partial charge in [0, 0.05) is 60.0 Å². The van der Waals surface area contributed by atoms with Crippen LogP contribution in [0.4, 0.5) is 10.1 Å². The standard InChI is InChI=1S/C32H36FN5O2/c1-21(2)17-30(26-5-3-4-6-28(26)33)34-32(39)23-9-12-29-27(18-23)31(36-35-29)22-7-10-24(11-8-22)38-19-25(20-38)37-13-15-40-16-14-37/h3-12,18,21,25,30H,13-17,19-20H2,1-2H3,(H,34,39)(H,35,36). The molecule has 40 heavy (non-hydrogen) atoms. The lowest BCUT2D eigenvalue weighted by Crippen LogP contribution is -2.61. The highest BCUT2D eigenvalue weighted by molar-refractivity contribution is 6.01. The normalized spacial score (nSPS) is 17.2. The predicted molar refractivity (Wildman–Crippen MR) is 156 cm³/mol. The van der Waals surface area contributed by atoms with Crippen LogP contribution in [-0.2, 0) is 4.74 Å². The number of morpholine rings is 1. The first-order valence-corrected chi connectivity index (χ1v) is 14.2. The first-order chi connectivity index (χ1) is 19.5. The summed E-state index contributed by atoms with van der Waals surface area (Å²) in [5.74, 6) is -0.248. The number of aromatic nitrogens is 2. The SMILES string of the molecule is CC(C)CC(NC(=O)c1ccc2[nH]nc(-c3ccc(N4CC(N5CCOCC5)C4)cc3)c2c1)c1ccccc1F. The quantitative estimate of drug-likeness (QED) is 0.312. The maximum absolute atomic E-state index is 14.6. The number of amides is 1. The van der Waals surface area contributed by atoms with E-state index in [0.29, 0.717) is 23.6 Å². The Hall–Kier alpha value is -3.75. The van der Waals surface area contributed by atoms with Crippen LogP contribution < -0.4 is 10.2 Å². The van der Waals surface area contributed by atoms with E-state index in [1.807, 2.05) is 12.1 Å². The van der Waals surface area contributed by atoms with Gasteiger partial charge in [-0.2, -0.15) is 5.10 Å². The molecule has 1 aromatic heterocycles. The minimum Gasteiger partial charge on any atom is -0.379 e. The lowest BCUT2D eigenvalue weighted by molar-refractivity contribution is 0.0105. The highest BCUT2D eigenvalue weighted by Crippen LogP contribution is 2.31. The van der Waals surface area contributed by atoms with Crippen LogP contribution in [0.1, 0.15) is 42.2 Å². The number of carbonyl (C=O) groups is 1. The van der Waals surface area contributed by atoms with Crippen molar-refractivity contribution in [3.05, 3.63) is 83.7 Å². The fourth-order valence-electron chi connectivity index (χ4n) is 5.78. The van der Waals surface area contributed by atoms with E-state index < -0.39 is 6.04 Å². The largest absolute Gasteiger partial charge is 0.379 e. The Bertz CT molecular complexity index is 1470. The molecule has 2 aliphatic heterocycles. The van der Waals surface area contributed by atoms with Crippen molar-refractivity contribution in [1.29, 1.82) is 0 Å². The molecule has 0 aliphatic carbocycles. The van der Waals surface area contributed by atoms with Gasteiger partial charge in [-0.25, -0.2) is 4.39 Å². The molecule has 0 spiro atoms. The highest BCUT2D eigenvalue weighted by atomic mass is 19.1. The Morgan fingerprint density at radius 2 is 1.82 bits per heavy atom. The lowest BCUT2D eigenvalue weighted by atomic mass is 9.96. The second-order valence-electron chi connectivity index (χ2n) is 11.3. The van der Waals surface area contributed by atoms with E-state index in [-0.39, 0.29) is 17.6 Å². The molecule has 3 heterocycles. The average Bonchev–Trinajstić information content (AvgIpc) is 3.36. The van der Waals surface area contributed by atoms with Crippen LogP contribution in [0.5, 0.6) is 0 Å². The summed E-state index contributed by atoms with van der Waals surface area (Å²) in [5.41, 5.74) is 4.89. The molecule has 208 valence electrons. The van der Waals surface area contributed by atoms with Gasteiger partial charge in [0.05, 0.1) is 30.5 Å². The van der Waals surface area contributed by atoms with Crippen LogP contribution in [0.3, 0.4) is 0 Å². The number of nitrogens with one attached hydrogen (secondary N) is 2. The summed E-state index contributed by atoms with van der Waals surface area (Å²) >= 11 is 0. The third-order valence-corrected chi connectivity index (χ3v) is 8.05. The van der Waals surface area contributed by atoms with Gasteiger partial charge in [0.2, 0.25) is 0 Å². The molecular formula is C32H36FN5O2. The number of fused-ring (bicyclic) bond motifs is 1. The summed E-state index contributed by atoms with van der Waals surface area (Å²) in [4.78, 5) is 18.3. The molecule has 2 fully saturated rings. The van der Waals surface area contributed by atoms with Gasteiger partial charge < -0.3 is 15.0 Å². The summed E-state index contributed by atoms with van der Waals surface area (Å²) in [6, 6.07) is 20.8. The van der Waals surface area contributed by atoms with Crippen LogP contribution in [-0.4, -0.2) is 66.4 Å². The lowest BCUT2D eigenvalue weighted by Gasteiger charge is -2.47. The number of hydrogen-bond acceptors (Lipinski definition) is 5. The summed E-state index contributed by atoms with van der Waals surface area (Å²) in [6.07, 6.45) is 0.641. The van der Waals surface area contributed by atoms with Crippen LogP contribution in [0.15, 0.2) is 66.7 Å². The van der Waals surface area contributed by atoms with Crippen molar-refractivity contribution in [3.63, 3.8) is 0 Å². The number of aromatic amines is 1. The van der Waals surface area contributed by atoms with Gasteiger partial charge in [-0.15, -0.1) is 0 Å². The van der Waals surface area contributed by atoms with Crippen molar-refractivity contribution in [3.8, 4) is 11.3 Å². The number of H-pyrrole nitrogens is 1. The van der Waals surface area contributed by atoms with E-state index in [0.717, 1.165) is 61.6 Å². The Morgan fingerprint density at radius 1 is 1.07 bits per heavy atom. The molecule has 1 atom stereocenters. The van der Waals surface area contributed by atoms with E-state index in [4.69, 9.17) is 4.74 Å². The highest BCUT2D eigenvalue weighted by Gasteiger charge is 2.32. The third kappa shape index (κ3) is 5.46. The van der Waals surface area contributed by atoms with Crippen LogP contribution in [0, 0.1) is 11.7 Å². The number of benzene rings is 3. The third-order valence-electron chi connectivity index (χ3n) is 8.05. The van der Waals surface area contributed by atoms with E-state index in [1.54, 1.807) is 24.3 Å². The molecule has 1 amide bonds. The van der Waals surface area contributed by atoms with Crippen molar-refractivity contribution < 1.29 is 13.9 Å².